The number of aromatic nitrogens is 2. The highest BCUT2D eigenvalue weighted by atomic mass is 19.3. The molecule has 0 unspecified atom stereocenters. The lowest BCUT2D eigenvalue weighted by Gasteiger charge is -2.20. The van der Waals surface area contributed by atoms with E-state index in [9.17, 15) is 13.6 Å². The van der Waals surface area contributed by atoms with Crippen molar-refractivity contribution < 1.29 is 18.7 Å². The van der Waals surface area contributed by atoms with Gasteiger partial charge in [-0.15, -0.1) is 0 Å². The molecule has 17 heavy (non-hydrogen) atoms. The Bertz CT molecular complexity index is 393. The zero-order chi connectivity index (χ0) is 13.0. The number of hydrogen-bond donors (Lipinski definition) is 1. The number of aliphatic hydroxyl groups is 1. The quantitative estimate of drug-likeness (QED) is 0.820. The van der Waals surface area contributed by atoms with Crippen molar-refractivity contribution in [2.75, 3.05) is 19.7 Å². The van der Waals surface area contributed by atoms with Crippen molar-refractivity contribution in [3.05, 3.63) is 17.5 Å². The van der Waals surface area contributed by atoms with Crippen LogP contribution in [0.1, 0.15) is 16.2 Å². The van der Waals surface area contributed by atoms with Crippen molar-refractivity contribution >= 4 is 5.91 Å². The summed E-state index contributed by atoms with van der Waals surface area (Å²) in [5.74, 6) is -0.553. The average molecular weight is 247 g/mol. The minimum Gasteiger partial charge on any atom is -0.395 e. The average Bonchev–Trinajstić information content (AvgIpc) is 2.55. The molecule has 7 heteroatoms. The summed E-state index contributed by atoms with van der Waals surface area (Å²) in [5, 5.41) is 12.7. The molecule has 0 radical (unpaired) electrons. The number of alkyl halides is 2. The lowest BCUT2D eigenvalue weighted by Crippen LogP contribution is -2.38. The Morgan fingerprint density at radius 3 is 2.71 bits per heavy atom. The zero-order valence-corrected chi connectivity index (χ0v) is 9.73. The van der Waals surface area contributed by atoms with Gasteiger partial charge in [-0.05, 0) is 13.0 Å². The number of aryl methyl sites for hydroxylation is 2. The van der Waals surface area contributed by atoms with Crippen LogP contribution in [0.3, 0.4) is 0 Å². The number of halogens is 2. The van der Waals surface area contributed by atoms with Gasteiger partial charge in [-0.2, -0.15) is 5.10 Å². The van der Waals surface area contributed by atoms with Crippen LogP contribution in [0.15, 0.2) is 6.07 Å². The molecule has 0 spiro atoms. The van der Waals surface area contributed by atoms with Gasteiger partial charge < -0.3 is 10.0 Å². The first-order chi connectivity index (χ1) is 7.95. The number of aliphatic hydroxyl groups excluding tert-OH is 1. The molecule has 0 aliphatic carbocycles. The SMILES string of the molecule is Cc1cc(C(=O)N(CCO)CC(F)F)n(C)n1. The second-order valence-corrected chi connectivity index (χ2v) is 3.66. The summed E-state index contributed by atoms with van der Waals surface area (Å²) in [5.41, 5.74) is 0.869. The monoisotopic (exact) mass is 247 g/mol. The summed E-state index contributed by atoms with van der Waals surface area (Å²) in [6.45, 7) is 0.548. The van der Waals surface area contributed by atoms with Gasteiger partial charge in [0.15, 0.2) is 0 Å². The second-order valence-electron chi connectivity index (χ2n) is 3.66. The van der Waals surface area contributed by atoms with Crippen molar-refractivity contribution in [2.45, 2.75) is 13.3 Å². The van der Waals surface area contributed by atoms with Gasteiger partial charge in [0.2, 0.25) is 0 Å². The predicted molar refractivity (Wildman–Crippen MR) is 56.9 cm³/mol. The molecule has 1 aromatic heterocycles. The molecule has 0 aromatic carbocycles. The fourth-order valence-corrected chi connectivity index (χ4v) is 1.54. The Hall–Kier alpha value is -1.50. The van der Waals surface area contributed by atoms with Gasteiger partial charge in [-0.1, -0.05) is 0 Å². The molecule has 1 amide bonds. The highest BCUT2D eigenvalue weighted by Crippen LogP contribution is 2.08. The largest absolute Gasteiger partial charge is 0.395 e. The highest BCUT2D eigenvalue weighted by Gasteiger charge is 2.22. The predicted octanol–water partition coefficient (Wildman–Crippen LogP) is 0.428. The van der Waals surface area contributed by atoms with E-state index in [4.69, 9.17) is 5.11 Å². The number of amides is 1. The first-order valence-corrected chi connectivity index (χ1v) is 5.14. The molecule has 0 saturated carbocycles. The second kappa shape index (κ2) is 5.72. The summed E-state index contributed by atoms with van der Waals surface area (Å²) in [7, 11) is 1.57. The van der Waals surface area contributed by atoms with E-state index >= 15 is 0 Å². The van der Waals surface area contributed by atoms with Crippen LogP contribution in [-0.4, -0.2) is 51.8 Å². The molecule has 1 heterocycles. The minimum atomic E-state index is -2.63. The standard InChI is InChI=1S/C10H15F2N3O2/c1-7-5-8(14(2)13-7)10(17)15(3-4-16)6-9(11)12/h5,9,16H,3-4,6H2,1-2H3. The Balaban J connectivity index is 2.87. The molecule has 0 bridgehead atoms. The van der Waals surface area contributed by atoms with E-state index in [2.05, 4.69) is 5.10 Å². The van der Waals surface area contributed by atoms with Gasteiger partial charge in [0.25, 0.3) is 12.3 Å². The highest BCUT2D eigenvalue weighted by molar-refractivity contribution is 5.92. The molecule has 0 atom stereocenters. The van der Waals surface area contributed by atoms with Crippen LogP contribution in [-0.2, 0) is 7.05 Å². The maximum absolute atomic E-state index is 12.3. The van der Waals surface area contributed by atoms with E-state index in [0.717, 1.165) is 4.90 Å². The lowest BCUT2D eigenvalue weighted by molar-refractivity contribution is 0.0500. The van der Waals surface area contributed by atoms with Crippen molar-refractivity contribution in [3.8, 4) is 0 Å². The van der Waals surface area contributed by atoms with Crippen LogP contribution >= 0.6 is 0 Å². The maximum Gasteiger partial charge on any atom is 0.272 e. The van der Waals surface area contributed by atoms with E-state index < -0.39 is 18.9 Å². The number of rotatable bonds is 5. The molecule has 0 saturated heterocycles. The minimum absolute atomic E-state index is 0.118. The zero-order valence-electron chi connectivity index (χ0n) is 9.73. The Morgan fingerprint density at radius 2 is 2.29 bits per heavy atom. The molecule has 96 valence electrons. The van der Waals surface area contributed by atoms with Crippen molar-refractivity contribution in [1.82, 2.24) is 14.7 Å². The van der Waals surface area contributed by atoms with Crippen LogP contribution in [0.4, 0.5) is 8.78 Å². The fraction of sp³-hybridized carbons (Fsp3) is 0.600. The molecule has 1 N–H and O–H groups in total. The molecule has 1 aromatic rings. The Kier molecular flexibility index (Phi) is 4.56. The Morgan fingerprint density at radius 1 is 1.65 bits per heavy atom. The van der Waals surface area contributed by atoms with Gasteiger partial charge in [0, 0.05) is 13.6 Å². The third-order valence-corrected chi connectivity index (χ3v) is 2.24. The third kappa shape index (κ3) is 3.48. The van der Waals surface area contributed by atoms with Crippen LogP contribution in [0, 0.1) is 6.92 Å². The Labute approximate surface area is 97.6 Å². The number of carbonyl (C=O) groups is 1. The molecule has 1 rings (SSSR count). The van der Waals surface area contributed by atoms with Crippen molar-refractivity contribution in [1.29, 1.82) is 0 Å². The first-order valence-electron chi connectivity index (χ1n) is 5.14. The van der Waals surface area contributed by atoms with E-state index in [-0.39, 0.29) is 18.8 Å². The van der Waals surface area contributed by atoms with Gasteiger partial charge >= 0.3 is 0 Å². The summed E-state index contributed by atoms with van der Waals surface area (Å²) in [6.07, 6.45) is -2.63. The number of hydrogen-bond acceptors (Lipinski definition) is 3. The van der Waals surface area contributed by atoms with E-state index in [1.165, 1.54) is 10.7 Å². The van der Waals surface area contributed by atoms with Crippen molar-refractivity contribution in [2.24, 2.45) is 7.05 Å². The lowest BCUT2D eigenvalue weighted by atomic mass is 10.3. The van der Waals surface area contributed by atoms with Crippen LogP contribution in [0.5, 0.6) is 0 Å². The summed E-state index contributed by atoms with van der Waals surface area (Å²) >= 11 is 0. The van der Waals surface area contributed by atoms with E-state index in [1.54, 1.807) is 14.0 Å². The first kappa shape index (κ1) is 13.6. The molecule has 0 fully saturated rings. The van der Waals surface area contributed by atoms with Gasteiger partial charge in [-0.3, -0.25) is 9.48 Å². The van der Waals surface area contributed by atoms with Gasteiger partial charge in [-0.25, -0.2) is 8.78 Å². The van der Waals surface area contributed by atoms with Crippen LogP contribution in [0.2, 0.25) is 0 Å². The topological polar surface area (TPSA) is 58.4 Å². The number of carbonyl (C=O) groups excluding carboxylic acids is 1. The van der Waals surface area contributed by atoms with Gasteiger partial charge in [0.1, 0.15) is 5.69 Å². The maximum atomic E-state index is 12.3. The van der Waals surface area contributed by atoms with Crippen molar-refractivity contribution in [3.63, 3.8) is 0 Å². The van der Waals surface area contributed by atoms with E-state index in [1.807, 2.05) is 0 Å². The fourth-order valence-electron chi connectivity index (χ4n) is 1.54. The molecular weight excluding hydrogens is 232 g/mol. The summed E-state index contributed by atoms with van der Waals surface area (Å²) < 4.78 is 25.9. The van der Waals surface area contributed by atoms with Crippen LogP contribution in [0.25, 0.3) is 0 Å². The van der Waals surface area contributed by atoms with Crippen LogP contribution < -0.4 is 0 Å². The normalized spacial score (nSPS) is 10.9. The molecule has 5 nitrogen and oxygen atoms in total. The molecule has 0 aliphatic heterocycles. The smallest absolute Gasteiger partial charge is 0.272 e. The number of nitrogens with zero attached hydrogens (tertiary/aromatic N) is 3. The van der Waals surface area contributed by atoms with Gasteiger partial charge in [0.05, 0.1) is 18.8 Å². The van der Waals surface area contributed by atoms with E-state index in [0.29, 0.717) is 5.69 Å². The molecule has 0 aliphatic rings. The third-order valence-electron chi connectivity index (χ3n) is 2.24. The summed E-state index contributed by atoms with van der Waals surface area (Å²) in [6, 6.07) is 1.53. The summed E-state index contributed by atoms with van der Waals surface area (Å²) in [4.78, 5) is 12.8. The molecular formula is C10H15F2N3O2.